The number of rotatable bonds is 4. The molecule has 1 aliphatic rings. The third-order valence-corrected chi connectivity index (χ3v) is 3.84. The van der Waals surface area contributed by atoms with Gasteiger partial charge in [0.1, 0.15) is 5.75 Å². The molecule has 2 rings (SSSR count). The van der Waals surface area contributed by atoms with E-state index in [0.717, 1.165) is 18.9 Å². The fourth-order valence-corrected chi connectivity index (χ4v) is 2.92. The lowest BCUT2D eigenvalue weighted by Gasteiger charge is -2.35. The van der Waals surface area contributed by atoms with E-state index in [2.05, 4.69) is 43.4 Å². The fourth-order valence-electron chi connectivity index (χ4n) is 2.92. The van der Waals surface area contributed by atoms with Crippen molar-refractivity contribution in [3.05, 3.63) is 29.8 Å². The van der Waals surface area contributed by atoms with Crippen LogP contribution in [-0.4, -0.2) is 13.2 Å². The molecule has 1 fully saturated rings. The Morgan fingerprint density at radius 3 is 2.71 bits per heavy atom. The summed E-state index contributed by atoms with van der Waals surface area (Å²) in [5, 5.41) is 3.70. The van der Waals surface area contributed by atoms with Crippen molar-refractivity contribution in [2.24, 2.45) is 5.92 Å². The summed E-state index contributed by atoms with van der Waals surface area (Å²) < 4.78 is 5.78. The monoisotopic (exact) mass is 233 g/mol. The largest absolute Gasteiger partial charge is 0.494 e. The smallest absolute Gasteiger partial charge is 0.124 e. The highest BCUT2D eigenvalue weighted by Gasteiger charge is 2.40. The second-order valence-corrected chi connectivity index (χ2v) is 5.09. The predicted molar refractivity (Wildman–Crippen MR) is 71.4 cm³/mol. The Morgan fingerprint density at radius 2 is 2.12 bits per heavy atom. The standard InChI is InChI=1S/C15H23NO/c1-4-17-14-9-6-5-8-13(14)15(12(2)3)10-7-11-16-15/h5-6,8-9,12,16H,4,7,10-11H2,1-3H3. The molecule has 1 aromatic carbocycles. The molecule has 1 aliphatic heterocycles. The van der Waals surface area contributed by atoms with Gasteiger partial charge in [0.05, 0.1) is 6.61 Å². The first-order valence-corrected chi connectivity index (χ1v) is 6.68. The van der Waals surface area contributed by atoms with E-state index in [0.29, 0.717) is 5.92 Å². The molecule has 1 heterocycles. The molecule has 1 atom stereocenters. The molecule has 0 radical (unpaired) electrons. The maximum atomic E-state index is 5.78. The lowest BCUT2D eigenvalue weighted by Crippen LogP contribution is -2.42. The lowest BCUT2D eigenvalue weighted by molar-refractivity contribution is 0.256. The van der Waals surface area contributed by atoms with Crippen LogP contribution in [0.3, 0.4) is 0 Å². The molecular weight excluding hydrogens is 210 g/mol. The average molecular weight is 233 g/mol. The molecule has 2 heteroatoms. The molecule has 0 aliphatic carbocycles. The molecule has 1 unspecified atom stereocenters. The van der Waals surface area contributed by atoms with E-state index in [1.165, 1.54) is 18.4 Å². The minimum absolute atomic E-state index is 0.103. The normalized spacial score (nSPS) is 24.2. The Bertz CT molecular complexity index is 367. The van der Waals surface area contributed by atoms with Crippen LogP contribution in [0, 0.1) is 5.92 Å². The molecule has 0 aromatic heterocycles. The van der Waals surface area contributed by atoms with Crippen molar-refractivity contribution < 1.29 is 4.74 Å². The lowest BCUT2D eigenvalue weighted by atomic mass is 9.78. The van der Waals surface area contributed by atoms with Gasteiger partial charge in [0.25, 0.3) is 0 Å². The molecule has 1 N–H and O–H groups in total. The summed E-state index contributed by atoms with van der Waals surface area (Å²) in [4.78, 5) is 0. The SMILES string of the molecule is CCOc1ccccc1C1(C(C)C)CCCN1. The third kappa shape index (κ3) is 2.19. The van der Waals surface area contributed by atoms with Crippen LogP contribution in [0.15, 0.2) is 24.3 Å². The topological polar surface area (TPSA) is 21.3 Å². The number of nitrogens with one attached hydrogen (secondary N) is 1. The third-order valence-electron chi connectivity index (χ3n) is 3.84. The van der Waals surface area contributed by atoms with E-state index >= 15 is 0 Å². The molecule has 0 spiro atoms. The zero-order valence-corrected chi connectivity index (χ0v) is 11.1. The van der Waals surface area contributed by atoms with Crippen LogP contribution < -0.4 is 10.1 Å². The molecule has 0 amide bonds. The van der Waals surface area contributed by atoms with Gasteiger partial charge in [-0.25, -0.2) is 0 Å². The average Bonchev–Trinajstić information content (AvgIpc) is 2.80. The Morgan fingerprint density at radius 1 is 1.35 bits per heavy atom. The quantitative estimate of drug-likeness (QED) is 0.861. The van der Waals surface area contributed by atoms with E-state index in [1.54, 1.807) is 0 Å². The molecule has 0 saturated carbocycles. The van der Waals surface area contributed by atoms with Gasteiger partial charge in [-0.05, 0) is 38.3 Å². The van der Waals surface area contributed by atoms with Gasteiger partial charge in [0.2, 0.25) is 0 Å². The van der Waals surface area contributed by atoms with Crippen molar-refractivity contribution in [2.45, 2.75) is 39.2 Å². The molecule has 1 saturated heterocycles. The van der Waals surface area contributed by atoms with Gasteiger partial charge >= 0.3 is 0 Å². The highest BCUT2D eigenvalue weighted by Crippen LogP contribution is 2.41. The van der Waals surface area contributed by atoms with E-state index in [9.17, 15) is 0 Å². The predicted octanol–water partition coefficient (Wildman–Crippen LogP) is 3.32. The molecule has 1 aromatic rings. The van der Waals surface area contributed by atoms with E-state index < -0.39 is 0 Å². The Labute approximate surface area is 104 Å². The Hall–Kier alpha value is -1.02. The maximum absolute atomic E-state index is 5.78. The van der Waals surface area contributed by atoms with Crippen molar-refractivity contribution in [1.82, 2.24) is 5.32 Å². The van der Waals surface area contributed by atoms with Gasteiger partial charge < -0.3 is 10.1 Å². The van der Waals surface area contributed by atoms with Crippen LogP contribution in [0.4, 0.5) is 0 Å². The number of para-hydroxylation sites is 1. The van der Waals surface area contributed by atoms with Crippen LogP contribution in [-0.2, 0) is 5.54 Å². The van der Waals surface area contributed by atoms with Crippen molar-refractivity contribution in [2.75, 3.05) is 13.2 Å². The summed E-state index contributed by atoms with van der Waals surface area (Å²) in [5.74, 6) is 1.62. The number of benzene rings is 1. The van der Waals surface area contributed by atoms with Crippen LogP contribution in [0.5, 0.6) is 5.75 Å². The zero-order chi connectivity index (χ0) is 12.3. The van der Waals surface area contributed by atoms with Gasteiger partial charge in [-0.3, -0.25) is 0 Å². The molecule has 0 bridgehead atoms. The van der Waals surface area contributed by atoms with Crippen molar-refractivity contribution >= 4 is 0 Å². The van der Waals surface area contributed by atoms with Crippen molar-refractivity contribution in [1.29, 1.82) is 0 Å². The first-order chi connectivity index (χ1) is 8.20. The second kappa shape index (κ2) is 5.09. The number of hydrogen-bond donors (Lipinski definition) is 1. The van der Waals surface area contributed by atoms with Gasteiger partial charge in [0, 0.05) is 11.1 Å². The second-order valence-electron chi connectivity index (χ2n) is 5.09. The van der Waals surface area contributed by atoms with Gasteiger partial charge in [0.15, 0.2) is 0 Å². The first-order valence-electron chi connectivity index (χ1n) is 6.68. The van der Waals surface area contributed by atoms with Crippen molar-refractivity contribution in [3.63, 3.8) is 0 Å². The number of hydrogen-bond acceptors (Lipinski definition) is 2. The van der Waals surface area contributed by atoms with Gasteiger partial charge in [-0.15, -0.1) is 0 Å². The Kier molecular flexibility index (Phi) is 3.72. The van der Waals surface area contributed by atoms with Crippen LogP contribution >= 0.6 is 0 Å². The highest BCUT2D eigenvalue weighted by atomic mass is 16.5. The van der Waals surface area contributed by atoms with Crippen LogP contribution in [0.1, 0.15) is 39.2 Å². The first kappa shape index (κ1) is 12.4. The minimum atomic E-state index is 0.103. The molecule has 2 nitrogen and oxygen atoms in total. The fraction of sp³-hybridized carbons (Fsp3) is 0.600. The maximum Gasteiger partial charge on any atom is 0.124 e. The Balaban J connectivity index is 2.42. The summed E-state index contributed by atoms with van der Waals surface area (Å²) in [5.41, 5.74) is 1.43. The van der Waals surface area contributed by atoms with Crippen LogP contribution in [0.25, 0.3) is 0 Å². The van der Waals surface area contributed by atoms with E-state index in [4.69, 9.17) is 4.74 Å². The summed E-state index contributed by atoms with van der Waals surface area (Å²) in [7, 11) is 0. The minimum Gasteiger partial charge on any atom is -0.494 e. The molecule has 94 valence electrons. The van der Waals surface area contributed by atoms with Crippen molar-refractivity contribution in [3.8, 4) is 5.75 Å². The summed E-state index contributed by atoms with van der Waals surface area (Å²) >= 11 is 0. The number of ether oxygens (including phenoxy) is 1. The zero-order valence-electron chi connectivity index (χ0n) is 11.1. The highest BCUT2D eigenvalue weighted by molar-refractivity contribution is 5.40. The summed E-state index contributed by atoms with van der Waals surface area (Å²) in [6, 6.07) is 8.46. The molecular formula is C15H23NO. The summed E-state index contributed by atoms with van der Waals surface area (Å²) in [6.07, 6.45) is 2.45. The van der Waals surface area contributed by atoms with Crippen LogP contribution in [0.2, 0.25) is 0 Å². The van der Waals surface area contributed by atoms with E-state index in [1.807, 2.05) is 6.92 Å². The van der Waals surface area contributed by atoms with Gasteiger partial charge in [-0.1, -0.05) is 32.0 Å². The summed E-state index contributed by atoms with van der Waals surface area (Å²) in [6.45, 7) is 8.47. The van der Waals surface area contributed by atoms with E-state index in [-0.39, 0.29) is 5.54 Å². The molecule has 17 heavy (non-hydrogen) atoms. The van der Waals surface area contributed by atoms with Gasteiger partial charge in [-0.2, -0.15) is 0 Å².